The molecule has 0 spiro atoms. The highest BCUT2D eigenvalue weighted by Crippen LogP contribution is 2.19. The van der Waals surface area contributed by atoms with Gasteiger partial charge in [-0.25, -0.2) is 9.37 Å². The lowest BCUT2D eigenvalue weighted by Crippen LogP contribution is -2.36. The highest BCUT2D eigenvalue weighted by molar-refractivity contribution is 7.99. The molecular weight excluding hydrogens is 385 g/mol. The van der Waals surface area contributed by atoms with Gasteiger partial charge in [0.05, 0.1) is 5.75 Å². The Balaban J connectivity index is 1.65. The molecule has 1 aromatic carbocycles. The highest BCUT2D eigenvalue weighted by Gasteiger charge is 2.18. The number of likely N-dealkylation sites (tertiary alicyclic amines) is 1. The van der Waals surface area contributed by atoms with Crippen LogP contribution in [0.4, 0.5) is 15.9 Å². The molecule has 0 radical (unpaired) electrons. The molecule has 1 fully saturated rings. The van der Waals surface area contributed by atoms with Crippen LogP contribution in [-0.2, 0) is 4.79 Å². The minimum absolute atomic E-state index is 0.0143. The second-order valence-corrected chi connectivity index (χ2v) is 7.29. The van der Waals surface area contributed by atoms with E-state index in [9.17, 15) is 18.8 Å². The summed E-state index contributed by atoms with van der Waals surface area (Å²) < 4.78 is 13.0. The Bertz CT molecular complexity index is 926. The molecule has 1 aliphatic rings. The molecule has 2 heterocycles. The molecule has 0 atom stereocenters. The molecule has 3 rings (SSSR count). The van der Waals surface area contributed by atoms with E-state index in [4.69, 9.17) is 5.73 Å². The zero-order valence-corrected chi connectivity index (χ0v) is 15.9. The molecule has 0 saturated carbocycles. The number of piperidine rings is 1. The number of amides is 2. The maximum absolute atomic E-state index is 13.0. The minimum Gasteiger partial charge on any atom is -0.382 e. The number of nitrogen functional groups attached to an aromatic ring is 1. The van der Waals surface area contributed by atoms with Crippen molar-refractivity contribution < 1.29 is 14.0 Å². The summed E-state index contributed by atoms with van der Waals surface area (Å²) in [5, 5.41) is 2.58. The fraction of sp³-hybridized carbons (Fsp3) is 0.333. The van der Waals surface area contributed by atoms with Crippen molar-refractivity contribution in [1.29, 1.82) is 0 Å². The Kier molecular flexibility index (Phi) is 6.30. The summed E-state index contributed by atoms with van der Waals surface area (Å²) in [6, 6.07) is 4.86. The Morgan fingerprint density at radius 2 is 1.89 bits per heavy atom. The SMILES string of the molecule is Nc1nc(SCC(=O)N2CCCCC2)[nH]c(=O)c1NC(=O)c1ccc(F)cc1. The highest BCUT2D eigenvalue weighted by atomic mass is 32.2. The van der Waals surface area contributed by atoms with E-state index in [1.54, 1.807) is 4.90 Å². The zero-order chi connectivity index (χ0) is 20.1. The van der Waals surface area contributed by atoms with Gasteiger partial charge in [-0.1, -0.05) is 11.8 Å². The number of thioether (sulfide) groups is 1. The van der Waals surface area contributed by atoms with Crippen molar-refractivity contribution in [2.75, 3.05) is 29.9 Å². The Hall–Kier alpha value is -2.88. The summed E-state index contributed by atoms with van der Waals surface area (Å²) in [6.07, 6.45) is 3.13. The molecule has 8 nitrogen and oxygen atoms in total. The number of carbonyl (C=O) groups excluding carboxylic acids is 2. The van der Waals surface area contributed by atoms with Crippen molar-refractivity contribution in [2.24, 2.45) is 0 Å². The van der Waals surface area contributed by atoms with Crippen LogP contribution in [0.1, 0.15) is 29.6 Å². The summed E-state index contributed by atoms with van der Waals surface area (Å²) in [5.41, 5.74) is 5.16. The number of aromatic nitrogens is 2. The largest absolute Gasteiger partial charge is 0.382 e. The molecule has 0 bridgehead atoms. The number of nitrogens with two attached hydrogens (primary N) is 1. The van der Waals surface area contributed by atoms with Crippen molar-refractivity contribution in [3.8, 4) is 0 Å². The maximum Gasteiger partial charge on any atom is 0.277 e. The minimum atomic E-state index is -0.629. The van der Waals surface area contributed by atoms with Crippen molar-refractivity contribution in [3.05, 3.63) is 46.0 Å². The fourth-order valence-electron chi connectivity index (χ4n) is 2.81. The number of anilines is 2. The number of H-pyrrole nitrogens is 1. The predicted octanol–water partition coefficient (Wildman–Crippen LogP) is 1.85. The lowest BCUT2D eigenvalue weighted by Gasteiger charge is -2.26. The number of carbonyl (C=O) groups is 2. The Morgan fingerprint density at radius 3 is 2.54 bits per heavy atom. The smallest absolute Gasteiger partial charge is 0.277 e. The Labute approximate surface area is 164 Å². The number of hydrogen-bond donors (Lipinski definition) is 3. The van der Waals surface area contributed by atoms with Crippen LogP contribution in [0.3, 0.4) is 0 Å². The van der Waals surface area contributed by atoms with Gasteiger partial charge in [0.25, 0.3) is 11.5 Å². The third-order valence-electron chi connectivity index (χ3n) is 4.31. The van der Waals surface area contributed by atoms with Gasteiger partial charge in [-0.2, -0.15) is 0 Å². The summed E-state index contributed by atoms with van der Waals surface area (Å²) in [6.45, 7) is 1.50. The van der Waals surface area contributed by atoms with Crippen molar-refractivity contribution in [2.45, 2.75) is 24.4 Å². The van der Waals surface area contributed by atoms with Crippen molar-refractivity contribution in [3.63, 3.8) is 0 Å². The molecular formula is C18H20FN5O3S. The summed E-state index contributed by atoms with van der Waals surface area (Å²) >= 11 is 1.08. The van der Waals surface area contributed by atoms with Gasteiger partial charge in [-0.05, 0) is 43.5 Å². The number of halogens is 1. The summed E-state index contributed by atoms with van der Waals surface area (Å²) in [7, 11) is 0. The molecule has 28 heavy (non-hydrogen) atoms. The monoisotopic (exact) mass is 405 g/mol. The van der Waals surface area contributed by atoms with E-state index >= 15 is 0 Å². The topological polar surface area (TPSA) is 121 Å². The molecule has 10 heteroatoms. The third-order valence-corrected chi connectivity index (χ3v) is 5.17. The van der Waals surface area contributed by atoms with Gasteiger partial charge in [-0.3, -0.25) is 19.4 Å². The Morgan fingerprint density at radius 1 is 1.21 bits per heavy atom. The molecule has 1 aliphatic heterocycles. The van der Waals surface area contributed by atoms with Crippen molar-refractivity contribution in [1.82, 2.24) is 14.9 Å². The first-order valence-electron chi connectivity index (χ1n) is 8.81. The molecule has 0 aliphatic carbocycles. The lowest BCUT2D eigenvalue weighted by atomic mass is 10.1. The van der Waals surface area contributed by atoms with Gasteiger partial charge < -0.3 is 16.0 Å². The van der Waals surface area contributed by atoms with E-state index < -0.39 is 17.3 Å². The van der Waals surface area contributed by atoms with Crippen LogP contribution in [0, 0.1) is 5.82 Å². The average molecular weight is 405 g/mol. The van der Waals surface area contributed by atoms with Crippen LogP contribution in [0.25, 0.3) is 0 Å². The molecule has 0 unspecified atom stereocenters. The first-order valence-corrected chi connectivity index (χ1v) is 9.80. The second kappa shape index (κ2) is 8.87. The first-order chi connectivity index (χ1) is 13.4. The van der Waals surface area contributed by atoms with E-state index in [2.05, 4.69) is 15.3 Å². The molecule has 2 aromatic rings. The van der Waals surface area contributed by atoms with E-state index in [1.165, 1.54) is 12.1 Å². The van der Waals surface area contributed by atoms with Crippen LogP contribution in [0.5, 0.6) is 0 Å². The van der Waals surface area contributed by atoms with Crippen LogP contribution in [0.2, 0.25) is 0 Å². The van der Waals surface area contributed by atoms with Gasteiger partial charge in [0.2, 0.25) is 5.91 Å². The van der Waals surface area contributed by atoms with Gasteiger partial charge in [0.15, 0.2) is 11.0 Å². The average Bonchev–Trinajstić information content (AvgIpc) is 2.70. The second-order valence-electron chi connectivity index (χ2n) is 6.32. The third kappa shape index (κ3) is 4.89. The van der Waals surface area contributed by atoms with Gasteiger partial charge in [0, 0.05) is 18.7 Å². The quantitative estimate of drug-likeness (QED) is 0.516. The van der Waals surface area contributed by atoms with Crippen LogP contribution in [-0.4, -0.2) is 45.5 Å². The van der Waals surface area contributed by atoms with E-state index in [-0.39, 0.29) is 33.9 Å². The number of hydrogen-bond acceptors (Lipinski definition) is 6. The van der Waals surface area contributed by atoms with E-state index in [1.807, 2.05) is 0 Å². The van der Waals surface area contributed by atoms with Crippen molar-refractivity contribution >= 4 is 35.1 Å². The molecule has 2 amide bonds. The number of benzene rings is 1. The van der Waals surface area contributed by atoms with E-state index in [0.29, 0.717) is 0 Å². The number of nitrogens with zero attached hydrogens (tertiary/aromatic N) is 2. The maximum atomic E-state index is 13.0. The zero-order valence-electron chi connectivity index (χ0n) is 15.0. The van der Waals surface area contributed by atoms with Crippen LogP contribution in [0.15, 0.2) is 34.2 Å². The molecule has 1 saturated heterocycles. The lowest BCUT2D eigenvalue weighted by molar-refractivity contribution is -0.129. The standard InChI is InChI=1S/C18H20FN5O3S/c19-12-6-4-11(5-7-12)16(26)21-14-15(20)22-18(23-17(14)27)28-10-13(25)24-8-2-1-3-9-24/h4-7H,1-3,8-10H2,(H,21,26)(H3,20,22,23,27). The van der Waals surface area contributed by atoms with Crippen LogP contribution < -0.4 is 16.6 Å². The molecule has 148 valence electrons. The first kappa shape index (κ1) is 19.9. The number of nitrogens with one attached hydrogen (secondary N) is 2. The number of aromatic amines is 1. The van der Waals surface area contributed by atoms with Gasteiger partial charge in [0.1, 0.15) is 11.5 Å². The normalized spacial score (nSPS) is 14.0. The number of rotatable bonds is 5. The molecule has 1 aromatic heterocycles. The van der Waals surface area contributed by atoms with E-state index in [0.717, 1.165) is 56.2 Å². The molecule has 4 N–H and O–H groups in total. The summed E-state index contributed by atoms with van der Waals surface area (Å²) in [4.78, 5) is 45.0. The summed E-state index contributed by atoms with van der Waals surface area (Å²) in [5.74, 6) is -1.12. The van der Waals surface area contributed by atoms with Gasteiger partial charge >= 0.3 is 0 Å². The fourth-order valence-corrected chi connectivity index (χ4v) is 3.58. The van der Waals surface area contributed by atoms with Crippen LogP contribution >= 0.6 is 11.8 Å². The van der Waals surface area contributed by atoms with Gasteiger partial charge in [-0.15, -0.1) is 0 Å². The predicted molar refractivity (Wildman–Crippen MR) is 105 cm³/mol.